The van der Waals surface area contributed by atoms with Crippen molar-refractivity contribution in [3.8, 4) is 0 Å². The van der Waals surface area contributed by atoms with E-state index in [0.29, 0.717) is 11.4 Å². The van der Waals surface area contributed by atoms with Crippen molar-refractivity contribution >= 4 is 17.7 Å². The number of nitrogens with zero attached hydrogens (tertiary/aromatic N) is 1. The molecule has 0 aromatic rings. The second-order valence-electron chi connectivity index (χ2n) is 5.31. The van der Waals surface area contributed by atoms with Gasteiger partial charge in [0.05, 0.1) is 25.5 Å². The first kappa shape index (κ1) is 16.4. The number of carbonyl (C=O) groups is 1. The van der Waals surface area contributed by atoms with Gasteiger partial charge in [-0.05, 0) is 13.8 Å². The van der Waals surface area contributed by atoms with E-state index in [0.717, 1.165) is 43.5 Å². The summed E-state index contributed by atoms with van der Waals surface area (Å²) in [6.07, 6.45) is 3.86. The van der Waals surface area contributed by atoms with Gasteiger partial charge in [0.2, 0.25) is 5.91 Å². The normalized spacial score (nSPS) is 27.4. The number of methoxy groups -OCH3 is 1. The van der Waals surface area contributed by atoms with Gasteiger partial charge in [0.1, 0.15) is 5.76 Å². The molecule has 0 radical (unpaired) electrons. The maximum Gasteiger partial charge on any atom is 0.247 e. The van der Waals surface area contributed by atoms with Crippen LogP contribution in [0.15, 0.2) is 23.6 Å². The number of allylic oxidation sites excluding steroid dienone is 2. The number of fused-ring (bicyclic) bond motifs is 1. The van der Waals surface area contributed by atoms with Crippen LogP contribution in [0.25, 0.3) is 0 Å². The number of carbonyl (C=O) groups excluding carboxylic acids is 1. The summed E-state index contributed by atoms with van der Waals surface area (Å²) in [6, 6.07) is 0. The van der Waals surface area contributed by atoms with Gasteiger partial charge in [-0.1, -0.05) is 6.08 Å². The van der Waals surface area contributed by atoms with Gasteiger partial charge in [0, 0.05) is 36.7 Å². The third-order valence-electron chi connectivity index (χ3n) is 3.82. The summed E-state index contributed by atoms with van der Waals surface area (Å²) < 4.78 is 10.8. The molecule has 0 aliphatic carbocycles. The van der Waals surface area contributed by atoms with E-state index in [2.05, 4.69) is 10.2 Å². The standard InChI is InChI=1S/C15H24N2O3S/c1-11(12(2)19-3)16-15(18)5-4-6-17-9-13-14(10-17)21-8-7-20-13/h4-5,13-14H,6-10H2,1-3H3,(H,16,18). The Kier molecular flexibility index (Phi) is 6.14. The summed E-state index contributed by atoms with van der Waals surface area (Å²) in [7, 11) is 1.59. The molecule has 1 N–H and O–H groups in total. The molecule has 2 aliphatic rings. The lowest BCUT2D eigenvalue weighted by Crippen LogP contribution is -2.30. The molecule has 2 unspecified atom stereocenters. The van der Waals surface area contributed by atoms with Crippen LogP contribution in [0.5, 0.6) is 0 Å². The minimum Gasteiger partial charge on any atom is -0.500 e. The van der Waals surface area contributed by atoms with Crippen molar-refractivity contribution in [1.29, 1.82) is 0 Å². The number of hydrogen-bond acceptors (Lipinski definition) is 5. The van der Waals surface area contributed by atoms with Gasteiger partial charge in [0.25, 0.3) is 0 Å². The topological polar surface area (TPSA) is 50.8 Å². The minimum atomic E-state index is -0.119. The van der Waals surface area contributed by atoms with E-state index >= 15 is 0 Å². The maximum absolute atomic E-state index is 11.8. The van der Waals surface area contributed by atoms with Gasteiger partial charge in [0.15, 0.2) is 0 Å². The summed E-state index contributed by atoms with van der Waals surface area (Å²) in [6.45, 7) is 7.31. The third kappa shape index (κ3) is 4.76. The Hall–Kier alpha value is -0.980. The number of hydrogen-bond donors (Lipinski definition) is 1. The number of rotatable bonds is 5. The molecule has 2 rings (SSSR count). The lowest BCUT2D eigenvalue weighted by atomic mass is 10.3. The highest BCUT2D eigenvalue weighted by Gasteiger charge is 2.35. The molecular weight excluding hydrogens is 288 g/mol. The van der Waals surface area contributed by atoms with Crippen LogP contribution in [0, 0.1) is 0 Å². The molecule has 2 aliphatic heterocycles. The molecule has 2 fully saturated rings. The number of thioether (sulfide) groups is 1. The number of nitrogens with one attached hydrogen (secondary N) is 1. The fraction of sp³-hybridized carbons (Fsp3) is 0.667. The molecule has 0 aromatic carbocycles. The molecule has 2 saturated heterocycles. The van der Waals surface area contributed by atoms with Crippen LogP contribution < -0.4 is 5.32 Å². The zero-order chi connectivity index (χ0) is 15.2. The second-order valence-corrected chi connectivity index (χ2v) is 6.66. The smallest absolute Gasteiger partial charge is 0.247 e. The molecule has 2 heterocycles. The average molecular weight is 312 g/mol. The van der Waals surface area contributed by atoms with E-state index in [-0.39, 0.29) is 5.91 Å². The molecular formula is C15H24N2O3S. The predicted molar refractivity (Wildman–Crippen MR) is 85.1 cm³/mol. The van der Waals surface area contributed by atoms with Crippen LogP contribution in [0.3, 0.4) is 0 Å². The SMILES string of the molecule is COC(C)=C(C)NC(=O)C=CCN1CC2OCCSC2C1. The first-order chi connectivity index (χ1) is 10.1. The van der Waals surface area contributed by atoms with Gasteiger partial charge >= 0.3 is 0 Å². The van der Waals surface area contributed by atoms with Gasteiger partial charge < -0.3 is 14.8 Å². The van der Waals surface area contributed by atoms with Crippen molar-refractivity contribution in [3.05, 3.63) is 23.6 Å². The van der Waals surface area contributed by atoms with Crippen molar-refractivity contribution in [3.63, 3.8) is 0 Å². The van der Waals surface area contributed by atoms with Crippen LogP contribution in [0.2, 0.25) is 0 Å². The Bertz CT molecular complexity index is 423. The molecule has 118 valence electrons. The van der Waals surface area contributed by atoms with Crippen molar-refractivity contribution in [2.24, 2.45) is 0 Å². The molecule has 0 saturated carbocycles. The lowest BCUT2D eigenvalue weighted by Gasteiger charge is -2.23. The average Bonchev–Trinajstić information content (AvgIpc) is 2.88. The summed E-state index contributed by atoms with van der Waals surface area (Å²) >= 11 is 2.00. The molecule has 21 heavy (non-hydrogen) atoms. The van der Waals surface area contributed by atoms with Gasteiger partial charge in [-0.25, -0.2) is 0 Å². The fourth-order valence-electron chi connectivity index (χ4n) is 2.46. The summed E-state index contributed by atoms with van der Waals surface area (Å²) in [5.41, 5.74) is 0.740. The van der Waals surface area contributed by atoms with Gasteiger partial charge in [-0.3, -0.25) is 9.69 Å². The Balaban J connectivity index is 1.74. The lowest BCUT2D eigenvalue weighted by molar-refractivity contribution is -0.115. The van der Waals surface area contributed by atoms with E-state index in [4.69, 9.17) is 9.47 Å². The molecule has 1 amide bonds. The van der Waals surface area contributed by atoms with Gasteiger partial charge in [-0.15, -0.1) is 0 Å². The molecule has 0 spiro atoms. The van der Waals surface area contributed by atoms with Gasteiger partial charge in [-0.2, -0.15) is 11.8 Å². The van der Waals surface area contributed by atoms with Crippen LogP contribution in [-0.4, -0.2) is 61.3 Å². The van der Waals surface area contributed by atoms with Crippen molar-refractivity contribution < 1.29 is 14.3 Å². The molecule has 6 heteroatoms. The highest BCUT2D eigenvalue weighted by Crippen LogP contribution is 2.28. The number of amides is 1. The zero-order valence-corrected chi connectivity index (χ0v) is 13.7. The Morgan fingerprint density at radius 3 is 3.00 bits per heavy atom. The first-order valence-electron chi connectivity index (χ1n) is 7.24. The number of likely N-dealkylation sites (tertiary alicyclic amines) is 1. The minimum absolute atomic E-state index is 0.119. The largest absolute Gasteiger partial charge is 0.500 e. The van der Waals surface area contributed by atoms with Crippen molar-refractivity contribution in [1.82, 2.24) is 10.2 Å². The van der Waals surface area contributed by atoms with Crippen LogP contribution in [0.4, 0.5) is 0 Å². The maximum atomic E-state index is 11.8. The summed E-state index contributed by atoms with van der Waals surface area (Å²) in [5, 5.41) is 3.38. The molecule has 0 bridgehead atoms. The monoisotopic (exact) mass is 312 g/mol. The van der Waals surface area contributed by atoms with E-state index in [9.17, 15) is 4.79 Å². The fourth-order valence-corrected chi connectivity index (χ4v) is 3.65. The second kappa shape index (κ2) is 7.87. The van der Waals surface area contributed by atoms with Crippen LogP contribution >= 0.6 is 11.8 Å². The predicted octanol–water partition coefficient (Wildman–Crippen LogP) is 1.37. The van der Waals surface area contributed by atoms with E-state index in [1.165, 1.54) is 0 Å². The first-order valence-corrected chi connectivity index (χ1v) is 8.29. The van der Waals surface area contributed by atoms with Crippen LogP contribution in [0.1, 0.15) is 13.8 Å². The Morgan fingerprint density at radius 2 is 2.29 bits per heavy atom. The zero-order valence-electron chi connectivity index (χ0n) is 12.9. The molecule has 2 atom stereocenters. The summed E-state index contributed by atoms with van der Waals surface area (Å²) in [5.74, 6) is 1.69. The molecule has 0 aromatic heterocycles. The van der Waals surface area contributed by atoms with Crippen molar-refractivity contribution in [2.45, 2.75) is 25.2 Å². The van der Waals surface area contributed by atoms with Crippen molar-refractivity contribution in [2.75, 3.05) is 39.1 Å². The Labute approximate surface area is 130 Å². The molecule has 5 nitrogen and oxygen atoms in total. The third-order valence-corrected chi connectivity index (χ3v) is 5.10. The van der Waals surface area contributed by atoms with E-state index in [1.54, 1.807) is 13.2 Å². The highest BCUT2D eigenvalue weighted by molar-refractivity contribution is 8.00. The number of ether oxygens (including phenoxy) is 2. The van der Waals surface area contributed by atoms with E-state index < -0.39 is 0 Å². The Morgan fingerprint density at radius 1 is 1.48 bits per heavy atom. The highest BCUT2D eigenvalue weighted by atomic mass is 32.2. The van der Waals surface area contributed by atoms with Crippen LogP contribution in [-0.2, 0) is 14.3 Å². The quantitative estimate of drug-likeness (QED) is 0.614. The summed E-state index contributed by atoms with van der Waals surface area (Å²) in [4.78, 5) is 14.1. The van der Waals surface area contributed by atoms with E-state index in [1.807, 2.05) is 31.7 Å².